The summed E-state index contributed by atoms with van der Waals surface area (Å²) in [6.07, 6.45) is -3.64. The summed E-state index contributed by atoms with van der Waals surface area (Å²) in [5.41, 5.74) is 4.08. The van der Waals surface area contributed by atoms with Crippen LogP contribution >= 0.6 is 0 Å². The smallest absolute Gasteiger partial charge is 0.364 e. The van der Waals surface area contributed by atoms with E-state index < -0.39 is 23.6 Å². The molecule has 0 aliphatic rings. The van der Waals surface area contributed by atoms with Gasteiger partial charge in [0, 0.05) is 0 Å². The van der Waals surface area contributed by atoms with Gasteiger partial charge in [0.15, 0.2) is 11.3 Å². The summed E-state index contributed by atoms with van der Waals surface area (Å²) in [6, 6.07) is 0. The SMILES string of the molecule is NC(=O)c1nc(C(F)(F)F)nc2[nH]cnc12. The molecule has 2 aromatic heterocycles. The van der Waals surface area contributed by atoms with Gasteiger partial charge in [-0.25, -0.2) is 15.0 Å². The van der Waals surface area contributed by atoms with Crippen LogP contribution in [-0.4, -0.2) is 25.8 Å². The van der Waals surface area contributed by atoms with Gasteiger partial charge >= 0.3 is 6.18 Å². The Morgan fingerprint density at radius 3 is 2.62 bits per heavy atom. The first-order valence-corrected chi connectivity index (χ1v) is 3.97. The maximum absolute atomic E-state index is 12.4. The summed E-state index contributed by atoms with van der Waals surface area (Å²) < 4.78 is 37.1. The van der Waals surface area contributed by atoms with E-state index in [0.717, 1.165) is 6.33 Å². The van der Waals surface area contributed by atoms with E-state index in [9.17, 15) is 18.0 Å². The van der Waals surface area contributed by atoms with E-state index in [1.165, 1.54) is 0 Å². The molecule has 0 saturated heterocycles. The number of imidazole rings is 1. The Labute approximate surface area is 85.7 Å². The molecule has 0 unspecified atom stereocenters. The van der Waals surface area contributed by atoms with Crippen molar-refractivity contribution in [2.75, 3.05) is 0 Å². The lowest BCUT2D eigenvalue weighted by Gasteiger charge is -2.05. The number of fused-ring (bicyclic) bond motifs is 1. The normalized spacial score (nSPS) is 11.9. The van der Waals surface area contributed by atoms with Crippen LogP contribution in [0.15, 0.2) is 6.33 Å². The number of nitrogens with one attached hydrogen (secondary N) is 1. The largest absolute Gasteiger partial charge is 0.451 e. The molecule has 0 bridgehead atoms. The van der Waals surface area contributed by atoms with Crippen molar-refractivity contribution in [3.63, 3.8) is 0 Å². The number of nitrogens with zero attached hydrogens (tertiary/aromatic N) is 3. The average molecular weight is 231 g/mol. The van der Waals surface area contributed by atoms with E-state index in [-0.39, 0.29) is 11.2 Å². The Morgan fingerprint density at radius 1 is 1.38 bits per heavy atom. The number of halogens is 3. The second-order valence-electron chi connectivity index (χ2n) is 2.86. The number of aromatic amines is 1. The standard InChI is InChI=1S/C7H4F3N5O/c8-7(9,10)6-14-2(4(11)16)3-5(15-6)13-1-12-3/h1H,(H2,11,16)(H,12,13,14,15). The number of rotatable bonds is 1. The van der Waals surface area contributed by atoms with E-state index in [0.29, 0.717) is 0 Å². The summed E-state index contributed by atoms with van der Waals surface area (Å²) >= 11 is 0. The fraction of sp³-hybridized carbons (Fsp3) is 0.143. The molecule has 0 aliphatic carbocycles. The molecule has 0 atom stereocenters. The summed E-state index contributed by atoms with van der Waals surface area (Å²) in [5, 5.41) is 0. The Balaban J connectivity index is 2.76. The first kappa shape index (κ1) is 10.3. The van der Waals surface area contributed by atoms with Crippen molar-refractivity contribution >= 4 is 17.1 Å². The molecule has 0 spiro atoms. The zero-order valence-corrected chi connectivity index (χ0v) is 7.54. The molecular formula is C7H4F3N5O. The number of alkyl halides is 3. The highest BCUT2D eigenvalue weighted by molar-refractivity contribution is 6.01. The van der Waals surface area contributed by atoms with Crippen LogP contribution in [0, 0.1) is 0 Å². The van der Waals surface area contributed by atoms with E-state index in [1.54, 1.807) is 0 Å². The minimum absolute atomic E-state index is 0.0829. The fourth-order valence-electron chi connectivity index (χ4n) is 1.13. The van der Waals surface area contributed by atoms with Gasteiger partial charge in [-0.2, -0.15) is 13.2 Å². The van der Waals surface area contributed by atoms with Crippen LogP contribution in [0.25, 0.3) is 11.2 Å². The number of amides is 1. The lowest BCUT2D eigenvalue weighted by molar-refractivity contribution is -0.144. The average Bonchev–Trinajstić information content (AvgIpc) is 2.61. The van der Waals surface area contributed by atoms with Gasteiger partial charge in [-0.05, 0) is 0 Å². The molecule has 0 fully saturated rings. The number of carbonyl (C=O) groups excluding carboxylic acids is 1. The van der Waals surface area contributed by atoms with Crippen LogP contribution in [-0.2, 0) is 6.18 Å². The van der Waals surface area contributed by atoms with E-state index >= 15 is 0 Å². The van der Waals surface area contributed by atoms with Gasteiger partial charge in [0.25, 0.3) is 5.91 Å². The minimum atomic E-state index is -4.75. The van der Waals surface area contributed by atoms with Crippen molar-refractivity contribution in [2.45, 2.75) is 6.18 Å². The molecule has 2 rings (SSSR count). The van der Waals surface area contributed by atoms with Crippen LogP contribution in [0.4, 0.5) is 13.2 Å². The van der Waals surface area contributed by atoms with E-state index in [4.69, 9.17) is 5.73 Å². The van der Waals surface area contributed by atoms with Crippen molar-refractivity contribution in [3.8, 4) is 0 Å². The molecule has 0 saturated carbocycles. The highest BCUT2D eigenvalue weighted by Crippen LogP contribution is 2.27. The molecule has 0 radical (unpaired) electrons. The molecule has 84 valence electrons. The number of hydrogen-bond donors (Lipinski definition) is 2. The zero-order valence-electron chi connectivity index (χ0n) is 7.54. The van der Waals surface area contributed by atoms with Crippen molar-refractivity contribution in [1.29, 1.82) is 0 Å². The Morgan fingerprint density at radius 2 is 2.06 bits per heavy atom. The number of aromatic nitrogens is 4. The second-order valence-corrected chi connectivity index (χ2v) is 2.86. The van der Waals surface area contributed by atoms with Crippen LogP contribution in [0.1, 0.15) is 16.3 Å². The molecule has 0 aromatic carbocycles. The lowest BCUT2D eigenvalue weighted by atomic mass is 10.3. The van der Waals surface area contributed by atoms with Crippen molar-refractivity contribution < 1.29 is 18.0 Å². The molecule has 9 heteroatoms. The third-order valence-electron chi connectivity index (χ3n) is 1.77. The molecule has 0 aliphatic heterocycles. The van der Waals surface area contributed by atoms with Gasteiger partial charge in [0.2, 0.25) is 5.82 Å². The molecule has 1 amide bonds. The first-order valence-electron chi connectivity index (χ1n) is 3.97. The highest BCUT2D eigenvalue weighted by atomic mass is 19.4. The summed E-state index contributed by atoms with van der Waals surface area (Å²) in [4.78, 5) is 23.1. The van der Waals surface area contributed by atoms with Gasteiger partial charge in [-0.15, -0.1) is 0 Å². The molecular weight excluding hydrogens is 227 g/mol. The summed E-state index contributed by atoms with van der Waals surface area (Å²) in [7, 11) is 0. The molecule has 3 N–H and O–H groups in total. The van der Waals surface area contributed by atoms with Gasteiger partial charge in [-0.1, -0.05) is 0 Å². The van der Waals surface area contributed by atoms with Crippen molar-refractivity contribution in [3.05, 3.63) is 17.8 Å². The van der Waals surface area contributed by atoms with Crippen LogP contribution in [0.2, 0.25) is 0 Å². The lowest BCUT2D eigenvalue weighted by Crippen LogP contribution is -2.19. The van der Waals surface area contributed by atoms with Crippen LogP contribution in [0.3, 0.4) is 0 Å². The molecule has 6 nitrogen and oxygen atoms in total. The van der Waals surface area contributed by atoms with E-state index in [1.807, 2.05) is 0 Å². The maximum atomic E-state index is 12.4. The van der Waals surface area contributed by atoms with Crippen LogP contribution in [0.5, 0.6) is 0 Å². The van der Waals surface area contributed by atoms with Crippen molar-refractivity contribution in [1.82, 2.24) is 19.9 Å². The van der Waals surface area contributed by atoms with Crippen LogP contribution < -0.4 is 5.73 Å². The Bertz CT molecular complexity index is 561. The zero-order chi connectivity index (χ0) is 11.9. The third-order valence-corrected chi connectivity index (χ3v) is 1.77. The Hall–Kier alpha value is -2.19. The number of H-pyrrole nitrogens is 1. The fourth-order valence-corrected chi connectivity index (χ4v) is 1.13. The minimum Gasteiger partial charge on any atom is -0.364 e. The maximum Gasteiger partial charge on any atom is 0.451 e. The predicted molar refractivity (Wildman–Crippen MR) is 45.2 cm³/mol. The molecule has 2 heterocycles. The number of nitrogens with two attached hydrogens (primary N) is 1. The number of carbonyl (C=O) groups is 1. The Kier molecular flexibility index (Phi) is 2.04. The summed E-state index contributed by atoms with van der Waals surface area (Å²) in [6.45, 7) is 0. The number of hydrogen-bond acceptors (Lipinski definition) is 4. The second kappa shape index (κ2) is 3.15. The topological polar surface area (TPSA) is 97.5 Å². The third kappa shape index (κ3) is 1.55. The quantitative estimate of drug-likeness (QED) is 0.745. The van der Waals surface area contributed by atoms with Gasteiger partial charge in [-0.3, -0.25) is 4.79 Å². The first-order chi connectivity index (χ1) is 7.39. The summed E-state index contributed by atoms with van der Waals surface area (Å²) in [5.74, 6) is -2.52. The van der Waals surface area contributed by atoms with E-state index in [2.05, 4.69) is 19.9 Å². The predicted octanol–water partition coefficient (Wildman–Crippen LogP) is 0.471. The van der Waals surface area contributed by atoms with Gasteiger partial charge in [0.1, 0.15) is 5.52 Å². The highest BCUT2D eigenvalue weighted by Gasteiger charge is 2.36. The number of primary amides is 1. The molecule has 16 heavy (non-hydrogen) atoms. The van der Waals surface area contributed by atoms with Gasteiger partial charge in [0.05, 0.1) is 6.33 Å². The van der Waals surface area contributed by atoms with Gasteiger partial charge < -0.3 is 10.7 Å². The molecule has 2 aromatic rings. The van der Waals surface area contributed by atoms with Crippen molar-refractivity contribution in [2.24, 2.45) is 5.73 Å². The monoisotopic (exact) mass is 231 g/mol.